The van der Waals surface area contributed by atoms with Crippen LogP contribution < -0.4 is 5.32 Å². The first-order valence-electron chi connectivity index (χ1n) is 6.36. The molecule has 0 aliphatic heterocycles. The lowest BCUT2D eigenvalue weighted by Crippen LogP contribution is -2.41. The first-order valence-corrected chi connectivity index (χ1v) is 6.36. The molecule has 0 aromatic heterocycles. The molecule has 3 nitrogen and oxygen atoms in total. The van der Waals surface area contributed by atoms with Crippen LogP contribution in [0.4, 0.5) is 0 Å². The molecule has 0 bridgehead atoms. The normalized spacial score (nSPS) is 12.3. The number of carbonyl (C=O) groups excluding carboxylic acids is 1. The van der Waals surface area contributed by atoms with E-state index in [2.05, 4.69) is 37.9 Å². The number of carbonyl (C=O) groups is 1. The van der Waals surface area contributed by atoms with E-state index in [0.717, 1.165) is 0 Å². The van der Waals surface area contributed by atoms with E-state index in [1.807, 2.05) is 13.0 Å². The van der Waals surface area contributed by atoms with E-state index in [9.17, 15) is 4.79 Å². The van der Waals surface area contributed by atoms with Gasteiger partial charge in [0.2, 0.25) is 0 Å². The third kappa shape index (κ3) is 4.42. The molecule has 1 amide bonds. The maximum atomic E-state index is 12.2. The average Bonchev–Trinajstić information content (AvgIpc) is 2.35. The Morgan fingerprint density at radius 1 is 1.37 bits per heavy atom. The van der Waals surface area contributed by atoms with E-state index in [1.54, 1.807) is 18.2 Å². The summed E-state index contributed by atoms with van der Waals surface area (Å²) in [6, 6.07) is 7.20. The molecule has 0 saturated carbocycles. The molecule has 0 fully saturated rings. The quantitative estimate of drug-likeness (QED) is 0.800. The van der Waals surface area contributed by atoms with Crippen LogP contribution in [0.1, 0.15) is 43.6 Å². The fourth-order valence-corrected chi connectivity index (χ4v) is 1.42. The maximum Gasteiger partial charge on any atom is 0.252 e. The first-order chi connectivity index (χ1) is 8.86. The van der Waals surface area contributed by atoms with Crippen molar-refractivity contribution in [3.05, 3.63) is 35.4 Å². The second-order valence-electron chi connectivity index (χ2n) is 5.57. The van der Waals surface area contributed by atoms with Gasteiger partial charge in [0.1, 0.15) is 6.61 Å². The topological polar surface area (TPSA) is 49.3 Å². The van der Waals surface area contributed by atoms with Crippen LogP contribution >= 0.6 is 0 Å². The number of hydrogen-bond donors (Lipinski definition) is 2. The number of aliphatic hydroxyl groups is 1. The molecule has 0 radical (unpaired) electrons. The van der Waals surface area contributed by atoms with E-state index in [0.29, 0.717) is 11.1 Å². The lowest BCUT2D eigenvalue weighted by molar-refractivity contribution is 0.0910. The Balaban J connectivity index is 2.94. The van der Waals surface area contributed by atoms with Gasteiger partial charge in [-0.2, -0.15) is 0 Å². The molecule has 19 heavy (non-hydrogen) atoms. The van der Waals surface area contributed by atoms with Crippen molar-refractivity contribution in [2.75, 3.05) is 6.61 Å². The first kappa shape index (κ1) is 15.3. The average molecular weight is 259 g/mol. The summed E-state index contributed by atoms with van der Waals surface area (Å²) in [6.45, 7) is 8.01. The molecular formula is C16H21NO2. The van der Waals surface area contributed by atoms with Gasteiger partial charge in [-0.3, -0.25) is 4.79 Å². The minimum Gasteiger partial charge on any atom is -0.384 e. The zero-order chi connectivity index (χ0) is 14.5. The van der Waals surface area contributed by atoms with Crippen LogP contribution in [0.3, 0.4) is 0 Å². The zero-order valence-corrected chi connectivity index (χ0v) is 11.9. The summed E-state index contributed by atoms with van der Waals surface area (Å²) < 4.78 is 0. The molecule has 0 aliphatic rings. The molecule has 1 aromatic carbocycles. The predicted molar refractivity (Wildman–Crippen MR) is 76.8 cm³/mol. The summed E-state index contributed by atoms with van der Waals surface area (Å²) in [5.41, 5.74) is 1.18. The standard InChI is InChI=1S/C16H21NO2/c1-12(16(2,3)4)17-15(19)14-10-6-5-8-13(14)9-7-11-18/h5-6,8,10,12,18H,11H2,1-4H3,(H,17,19). The highest BCUT2D eigenvalue weighted by atomic mass is 16.2. The molecule has 1 atom stereocenters. The number of rotatable bonds is 2. The second kappa shape index (κ2) is 6.40. The summed E-state index contributed by atoms with van der Waals surface area (Å²) in [4.78, 5) is 12.2. The lowest BCUT2D eigenvalue weighted by atomic mass is 9.88. The molecule has 0 saturated heterocycles. The van der Waals surface area contributed by atoms with Crippen LogP contribution in [0.15, 0.2) is 24.3 Å². The molecule has 3 heteroatoms. The van der Waals surface area contributed by atoms with Gasteiger partial charge in [0, 0.05) is 11.6 Å². The van der Waals surface area contributed by atoms with E-state index in [4.69, 9.17) is 5.11 Å². The molecule has 1 aromatic rings. The fraction of sp³-hybridized carbons (Fsp3) is 0.438. The minimum absolute atomic E-state index is 0.00137. The van der Waals surface area contributed by atoms with Gasteiger partial charge in [-0.15, -0.1) is 0 Å². The Bertz CT molecular complexity index is 503. The maximum absolute atomic E-state index is 12.2. The van der Waals surface area contributed by atoms with Gasteiger partial charge < -0.3 is 10.4 Å². The third-order valence-electron chi connectivity index (χ3n) is 3.12. The SMILES string of the molecule is CC(NC(=O)c1ccccc1C#CCO)C(C)(C)C. The number of amides is 1. The second-order valence-corrected chi connectivity index (χ2v) is 5.57. The number of aliphatic hydroxyl groups excluding tert-OH is 1. The van der Waals surface area contributed by atoms with Crippen LogP contribution in [0.5, 0.6) is 0 Å². The van der Waals surface area contributed by atoms with Crippen molar-refractivity contribution in [3.63, 3.8) is 0 Å². The lowest BCUT2D eigenvalue weighted by Gasteiger charge is -2.28. The van der Waals surface area contributed by atoms with Gasteiger partial charge in [-0.25, -0.2) is 0 Å². The Morgan fingerprint density at radius 3 is 2.58 bits per heavy atom. The van der Waals surface area contributed by atoms with Crippen LogP contribution in [0.25, 0.3) is 0 Å². The Hall–Kier alpha value is -1.79. The zero-order valence-electron chi connectivity index (χ0n) is 11.9. The van der Waals surface area contributed by atoms with Crippen molar-refractivity contribution in [1.82, 2.24) is 5.32 Å². The van der Waals surface area contributed by atoms with E-state index in [1.165, 1.54) is 0 Å². The molecule has 0 aliphatic carbocycles. The van der Waals surface area contributed by atoms with Crippen LogP contribution in [0, 0.1) is 17.3 Å². The molecule has 0 spiro atoms. The van der Waals surface area contributed by atoms with Gasteiger partial charge in [0.15, 0.2) is 0 Å². The Labute approximate surface area is 115 Å². The van der Waals surface area contributed by atoms with Crippen molar-refractivity contribution in [2.24, 2.45) is 5.41 Å². The minimum atomic E-state index is -0.214. The van der Waals surface area contributed by atoms with Crippen molar-refractivity contribution in [3.8, 4) is 11.8 Å². The summed E-state index contributed by atoms with van der Waals surface area (Å²) >= 11 is 0. The largest absolute Gasteiger partial charge is 0.384 e. The Morgan fingerprint density at radius 2 is 2.00 bits per heavy atom. The van der Waals surface area contributed by atoms with Gasteiger partial charge in [0.25, 0.3) is 5.91 Å². The summed E-state index contributed by atoms with van der Waals surface area (Å²) in [5.74, 6) is 5.23. The summed E-state index contributed by atoms with van der Waals surface area (Å²) in [5, 5.41) is 11.7. The smallest absolute Gasteiger partial charge is 0.252 e. The number of benzene rings is 1. The summed E-state index contributed by atoms with van der Waals surface area (Å²) in [7, 11) is 0. The van der Waals surface area contributed by atoms with Crippen LogP contribution in [-0.4, -0.2) is 23.7 Å². The van der Waals surface area contributed by atoms with Gasteiger partial charge in [-0.1, -0.05) is 44.7 Å². The molecule has 1 rings (SSSR count). The van der Waals surface area contributed by atoms with E-state index < -0.39 is 0 Å². The third-order valence-corrected chi connectivity index (χ3v) is 3.12. The molecule has 0 heterocycles. The van der Waals surface area contributed by atoms with Gasteiger partial charge in [0.05, 0.1) is 5.56 Å². The van der Waals surface area contributed by atoms with Gasteiger partial charge >= 0.3 is 0 Å². The number of hydrogen-bond acceptors (Lipinski definition) is 2. The van der Waals surface area contributed by atoms with Crippen molar-refractivity contribution in [1.29, 1.82) is 0 Å². The number of nitrogens with one attached hydrogen (secondary N) is 1. The molecule has 102 valence electrons. The van der Waals surface area contributed by atoms with Gasteiger partial charge in [-0.05, 0) is 24.5 Å². The molecular weight excluding hydrogens is 238 g/mol. The highest BCUT2D eigenvalue weighted by molar-refractivity contribution is 5.96. The fourth-order valence-electron chi connectivity index (χ4n) is 1.42. The van der Waals surface area contributed by atoms with Crippen molar-refractivity contribution < 1.29 is 9.90 Å². The van der Waals surface area contributed by atoms with Crippen molar-refractivity contribution >= 4 is 5.91 Å². The summed E-state index contributed by atoms with van der Waals surface area (Å²) in [6.07, 6.45) is 0. The van der Waals surface area contributed by atoms with Crippen LogP contribution in [-0.2, 0) is 0 Å². The monoisotopic (exact) mass is 259 g/mol. The highest BCUT2D eigenvalue weighted by Crippen LogP contribution is 2.19. The van der Waals surface area contributed by atoms with Crippen molar-refractivity contribution in [2.45, 2.75) is 33.7 Å². The predicted octanol–water partition coefficient (Wildman–Crippen LogP) is 2.19. The molecule has 2 N–H and O–H groups in total. The highest BCUT2D eigenvalue weighted by Gasteiger charge is 2.22. The molecule has 1 unspecified atom stereocenters. The van der Waals surface area contributed by atoms with Crippen LogP contribution in [0.2, 0.25) is 0 Å². The van der Waals surface area contributed by atoms with E-state index >= 15 is 0 Å². The Kier molecular flexibility index (Phi) is 5.14. The van der Waals surface area contributed by atoms with E-state index in [-0.39, 0.29) is 24.0 Å².